The van der Waals surface area contributed by atoms with E-state index in [1.54, 1.807) is 14.2 Å². The van der Waals surface area contributed by atoms with Gasteiger partial charge in [-0.2, -0.15) is 0 Å². The van der Waals surface area contributed by atoms with Crippen LogP contribution >= 0.6 is 0 Å². The summed E-state index contributed by atoms with van der Waals surface area (Å²) in [6.45, 7) is 3.19. The van der Waals surface area contributed by atoms with Crippen LogP contribution in [0.5, 0.6) is 17.2 Å². The monoisotopic (exact) mass is 445 g/mol. The first-order chi connectivity index (χ1) is 16.1. The molecular formula is C28H31NO4. The summed E-state index contributed by atoms with van der Waals surface area (Å²) in [4.78, 5) is 12.6. The van der Waals surface area contributed by atoms with Crippen LogP contribution in [0.25, 0.3) is 0 Å². The van der Waals surface area contributed by atoms with Gasteiger partial charge in [0.1, 0.15) is 12.4 Å². The molecule has 5 nitrogen and oxygen atoms in total. The molecule has 1 saturated heterocycles. The van der Waals surface area contributed by atoms with Crippen LogP contribution in [0.4, 0.5) is 0 Å². The highest BCUT2D eigenvalue weighted by atomic mass is 16.5. The van der Waals surface area contributed by atoms with Gasteiger partial charge in [0.25, 0.3) is 0 Å². The highest BCUT2D eigenvalue weighted by molar-refractivity contribution is 5.80. The van der Waals surface area contributed by atoms with E-state index >= 15 is 0 Å². The van der Waals surface area contributed by atoms with Crippen LogP contribution in [0, 0.1) is 12.8 Å². The van der Waals surface area contributed by atoms with Crippen LogP contribution in [-0.4, -0.2) is 26.7 Å². The quantitative estimate of drug-likeness (QED) is 0.527. The van der Waals surface area contributed by atoms with Crippen molar-refractivity contribution in [3.63, 3.8) is 0 Å². The number of carbonyl (C=O) groups excluding carboxylic acids is 1. The number of nitrogens with one attached hydrogen (secondary N) is 1. The van der Waals surface area contributed by atoms with Gasteiger partial charge in [-0.05, 0) is 60.2 Å². The Bertz CT molecular complexity index is 1100. The molecule has 1 aliphatic heterocycles. The number of aryl methyl sites for hydroxylation is 1. The lowest BCUT2D eigenvalue weighted by atomic mass is 9.82. The molecule has 2 atom stereocenters. The molecule has 1 amide bonds. The zero-order chi connectivity index (χ0) is 23.2. The first kappa shape index (κ1) is 22.7. The molecule has 33 heavy (non-hydrogen) atoms. The molecule has 172 valence electrons. The molecule has 1 aliphatic rings. The first-order valence-electron chi connectivity index (χ1n) is 11.3. The average molecular weight is 446 g/mol. The van der Waals surface area contributed by atoms with Gasteiger partial charge in [0.2, 0.25) is 5.91 Å². The molecular weight excluding hydrogens is 414 g/mol. The van der Waals surface area contributed by atoms with Gasteiger partial charge >= 0.3 is 0 Å². The maximum atomic E-state index is 12.6. The number of rotatable bonds is 8. The lowest BCUT2D eigenvalue weighted by Crippen LogP contribution is -2.41. The van der Waals surface area contributed by atoms with Crippen LogP contribution < -0.4 is 19.5 Å². The maximum absolute atomic E-state index is 12.6. The Morgan fingerprint density at radius 1 is 0.879 bits per heavy atom. The minimum atomic E-state index is -0.0908. The van der Waals surface area contributed by atoms with Crippen molar-refractivity contribution in [3.05, 3.63) is 89.0 Å². The second-order valence-electron chi connectivity index (χ2n) is 8.57. The molecule has 0 aliphatic carbocycles. The second kappa shape index (κ2) is 10.4. The zero-order valence-electron chi connectivity index (χ0n) is 19.5. The summed E-state index contributed by atoms with van der Waals surface area (Å²) in [7, 11) is 3.33. The number of piperidine rings is 1. The lowest BCUT2D eigenvalue weighted by molar-refractivity contribution is -0.126. The zero-order valence-corrected chi connectivity index (χ0v) is 19.5. The van der Waals surface area contributed by atoms with Gasteiger partial charge in [0.15, 0.2) is 11.5 Å². The van der Waals surface area contributed by atoms with Crippen LogP contribution in [0.3, 0.4) is 0 Å². The van der Waals surface area contributed by atoms with Gasteiger partial charge in [-0.3, -0.25) is 4.79 Å². The fourth-order valence-electron chi connectivity index (χ4n) is 4.47. The van der Waals surface area contributed by atoms with Crippen molar-refractivity contribution in [2.24, 2.45) is 5.92 Å². The summed E-state index contributed by atoms with van der Waals surface area (Å²) in [5.41, 5.74) is 4.51. The molecule has 1 fully saturated rings. The summed E-state index contributed by atoms with van der Waals surface area (Å²) in [6, 6.07) is 22.3. The third kappa shape index (κ3) is 5.48. The molecule has 0 radical (unpaired) electrons. The normalized spacial score (nSPS) is 17.8. The highest BCUT2D eigenvalue weighted by Gasteiger charge is 2.30. The number of benzene rings is 3. The van der Waals surface area contributed by atoms with Crippen LogP contribution in [0.15, 0.2) is 66.7 Å². The van der Waals surface area contributed by atoms with E-state index in [1.807, 2.05) is 54.6 Å². The summed E-state index contributed by atoms with van der Waals surface area (Å²) < 4.78 is 16.9. The van der Waals surface area contributed by atoms with Gasteiger partial charge in [0, 0.05) is 18.4 Å². The van der Waals surface area contributed by atoms with E-state index in [1.165, 1.54) is 5.56 Å². The minimum Gasteiger partial charge on any atom is -0.496 e. The van der Waals surface area contributed by atoms with Crippen LogP contribution in [-0.2, 0) is 17.8 Å². The van der Waals surface area contributed by atoms with Crippen molar-refractivity contribution in [2.45, 2.75) is 32.3 Å². The highest BCUT2D eigenvalue weighted by Crippen LogP contribution is 2.34. The molecule has 1 heterocycles. The molecule has 0 aromatic heterocycles. The third-order valence-corrected chi connectivity index (χ3v) is 6.30. The Morgan fingerprint density at radius 2 is 1.64 bits per heavy atom. The van der Waals surface area contributed by atoms with Gasteiger partial charge in [0.05, 0.1) is 14.2 Å². The maximum Gasteiger partial charge on any atom is 0.223 e. The molecule has 1 unspecified atom stereocenters. The van der Waals surface area contributed by atoms with Crippen LogP contribution in [0.1, 0.15) is 34.6 Å². The van der Waals surface area contributed by atoms with Crippen molar-refractivity contribution < 1.29 is 19.0 Å². The van der Waals surface area contributed by atoms with E-state index in [2.05, 4.69) is 24.4 Å². The van der Waals surface area contributed by atoms with Crippen molar-refractivity contribution >= 4 is 5.91 Å². The third-order valence-electron chi connectivity index (χ3n) is 6.30. The van der Waals surface area contributed by atoms with Gasteiger partial charge < -0.3 is 19.5 Å². The van der Waals surface area contributed by atoms with E-state index in [4.69, 9.17) is 14.2 Å². The molecule has 0 saturated carbocycles. The lowest BCUT2D eigenvalue weighted by Gasteiger charge is -2.30. The summed E-state index contributed by atoms with van der Waals surface area (Å²) >= 11 is 0. The SMILES string of the molecule is COc1ccc([C@H]2CNC(=O)C(Cc3ccc(OCc4ccccc4)c(OC)c3)C2)cc1C. The predicted molar refractivity (Wildman–Crippen MR) is 129 cm³/mol. The van der Waals surface area contributed by atoms with Crippen LogP contribution in [0.2, 0.25) is 0 Å². The van der Waals surface area contributed by atoms with E-state index < -0.39 is 0 Å². The fraction of sp³-hybridized carbons (Fsp3) is 0.321. The smallest absolute Gasteiger partial charge is 0.223 e. The summed E-state index contributed by atoms with van der Waals surface area (Å²) in [5, 5.41) is 3.10. The van der Waals surface area contributed by atoms with Crippen molar-refractivity contribution in [1.82, 2.24) is 5.32 Å². The van der Waals surface area contributed by atoms with Gasteiger partial charge in [-0.25, -0.2) is 0 Å². The number of hydrogen-bond donors (Lipinski definition) is 1. The Hall–Kier alpha value is -3.47. The van der Waals surface area contributed by atoms with Gasteiger partial charge in [-0.1, -0.05) is 48.5 Å². The topological polar surface area (TPSA) is 56.8 Å². The van der Waals surface area contributed by atoms with Crippen molar-refractivity contribution in [1.29, 1.82) is 0 Å². The first-order valence-corrected chi connectivity index (χ1v) is 11.3. The Labute approximate surface area is 195 Å². The largest absolute Gasteiger partial charge is 0.496 e. The number of ether oxygens (including phenoxy) is 3. The van der Waals surface area contributed by atoms with Gasteiger partial charge in [-0.15, -0.1) is 0 Å². The molecule has 0 spiro atoms. The van der Waals surface area contributed by atoms with E-state index in [0.717, 1.165) is 28.9 Å². The van der Waals surface area contributed by atoms with E-state index in [0.29, 0.717) is 31.1 Å². The fourth-order valence-corrected chi connectivity index (χ4v) is 4.47. The summed E-state index contributed by atoms with van der Waals surface area (Å²) in [5.74, 6) is 2.57. The molecule has 3 aromatic rings. The number of carbonyl (C=O) groups is 1. The molecule has 0 bridgehead atoms. The minimum absolute atomic E-state index is 0.0908. The molecule has 4 rings (SSSR count). The second-order valence-corrected chi connectivity index (χ2v) is 8.57. The standard InChI is InChI=1S/C28H31NO4/c1-19-13-22(10-12-25(19)31-2)24-16-23(28(30)29-17-24)14-21-9-11-26(27(15-21)32-3)33-18-20-7-5-4-6-8-20/h4-13,15,23-24H,14,16-18H2,1-3H3,(H,29,30)/t23?,24-/m1/s1. The molecule has 1 N–H and O–H groups in total. The van der Waals surface area contributed by atoms with Crippen molar-refractivity contribution in [2.75, 3.05) is 20.8 Å². The Kier molecular flexibility index (Phi) is 7.18. The summed E-state index contributed by atoms with van der Waals surface area (Å²) in [6.07, 6.45) is 1.47. The molecule has 5 heteroatoms. The average Bonchev–Trinajstić information content (AvgIpc) is 2.85. The van der Waals surface area contributed by atoms with E-state index in [9.17, 15) is 4.79 Å². The van der Waals surface area contributed by atoms with E-state index in [-0.39, 0.29) is 17.7 Å². The number of amides is 1. The Balaban J connectivity index is 1.44. The number of methoxy groups -OCH3 is 2. The Morgan fingerprint density at radius 3 is 2.36 bits per heavy atom. The number of hydrogen-bond acceptors (Lipinski definition) is 4. The predicted octanol–water partition coefficient (Wildman–Crippen LogP) is 5.05. The molecule has 3 aromatic carbocycles. The van der Waals surface area contributed by atoms with Crippen molar-refractivity contribution in [3.8, 4) is 17.2 Å².